The Hall–Kier alpha value is -0.530. The summed E-state index contributed by atoms with van der Waals surface area (Å²) in [7, 11) is 0. The van der Waals surface area contributed by atoms with E-state index in [9.17, 15) is 4.79 Å². The van der Waals surface area contributed by atoms with Crippen LogP contribution in [0.25, 0.3) is 0 Å². The van der Waals surface area contributed by atoms with Crippen LogP contribution in [-0.2, 0) is 9.53 Å². The van der Waals surface area contributed by atoms with Crippen LogP contribution < -0.4 is 0 Å². The van der Waals surface area contributed by atoms with Crippen molar-refractivity contribution in [2.24, 2.45) is 39.9 Å². The first-order valence-electron chi connectivity index (χ1n) is 12.0. The van der Waals surface area contributed by atoms with Crippen molar-refractivity contribution >= 4 is 5.97 Å². The minimum Gasteiger partial charge on any atom is -0.465 e. The highest BCUT2D eigenvalue weighted by Gasteiger charge is 2.26. The van der Waals surface area contributed by atoms with Gasteiger partial charge in [-0.05, 0) is 65.6 Å². The van der Waals surface area contributed by atoms with Crippen LogP contribution in [0, 0.1) is 39.9 Å². The highest BCUT2D eigenvalue weighted by atomic mass is 16.5. The molecule has 0 heterocycles. The highest BCUT2D eigenvalue weighted by molar-refractivity contribution is 5.69. The molecule has 0 amide bonds. The van der Waals surface area contributed by atoms with Crippen LogP contribution in [0.1, 0.15) is 122 Å². The molecular formula is C27H54O2. The zero-order valence-electron chi connectivity index (χ0n) is 22.1. The summed E-state index contributed by atoms with van der Waals surface area (Å²) in [5.41, 5.74) is 0.939. The first kappa shape index (κ1) is 28.5. The van der Waals surface area contributed by atoms with Crippen molar-refractivity contribution in [3.63, 3.8) is 0 Å². The Morgan fingerprint density at radius 1 is 0.690 bits per heavy atom. The van der Waals surface area contributed by atoms with Gasteiger partial charge in [-0.3, -0.25) is 4.79 Å². The zero-order chi connectivity index (χ0) is 23.0. The molecule has 0 aromatic rings. The molecule has 2 heteroatoms. The van der Waals surface area contributed by atoms with Crippen LogP contribution in [0.3, 0.4) is 0 Å². The third-order valence-electron chi connectivity index (χ3n) is 5.66. The third-order valence-corrected chi connectivity index (χ3v) is 5.66. The Labute approximate surface area is 184 Å². The summed E-state index contributed by atoms with van der Waals surface area (Å²) in [6.45, 7) is 28.1. The maximum atomic E-state index is 12.5. The van der Waals surface area contributed by atoms with Crippen molar-refractivity contribution in [3.05, 3.63) is 0 Å². The van der Waals surface area contributed by atoms with Crippen molar-refractivity contribution in [2.45, 2.75) is 122 Å². The number of hydrogen-bond acceptors (Lipinski definition) is 2. The molecule has 0 aliphatic carbocycles. The smallest absolute Gasteiger partial charge is 0.306 e. The van der Waals surface area contributed by atoms with E-state index in [2.05, 4.69) is 83.1 Å². The number of carbonyl (C=O) groups is 1. The molecular weight excluding hydrogens is 356 g/mol. The fourth-order valence-electron chi connectivity index (χ4n) is 4.97. The summed E-state index contributed by atoms with van der Waals surface area (Å²) in [4.78, 5) is 12.5. The molecule has 0 aromatic heterocycles. The van der Waals surface area contributed by atoms with E-state index in [1.807, 2.05) is 0 Å². The molecule has 0 aliphatic rings. The van der Waals surface area contributed by atoms with Crippen LogP contribution >= 0.6 is 0 Å². The Kier molecular flexibility index (Phi) is 11.5. The normalized spacial score (nSPS) is 17.5. The first-order chi connectivity index (χ1) is 12.9. The molecule has 29 heavy (non-hydrogen) atoms. The van der Waals surface area contributed by atoms with Gasteiger partial charge in [0.25, 0.3) is 0 Å². The van der Waals surface area contributed by atoms with Crippen LogP contribution in [0.2, 0.25) is 0 Å². The van der Waals surface area contributed by atoms with Gasteiger partial charge in [0.2, 0.25) is 0 Å². The summed E-state index contributed by atoms with van der Waals surface area (Å²) in [5, 5.41) is 0. The summed E-state index contributed by atoms with van der Waals surface area (Å²) in [6, 6.07) is 0. The summed E-state index contributed by atoms with van der Waals surface area (Å²) >= 11 is 0. The van der Waals surface area contributed by atoms with E-state index in [0.29, 0.717) is 47.5 Å². The molecule has 0 spiro atoms. The lowest BCUT2D eigenvalue weighted by atomic mass is 9.76. The molecule has 0 radical (unpaired) electrons. The average molecular weight is 411 g/mol. The largest absolute Gasteiger partial charge is 0.465 e. The van der Waals surface area contributed by atoms with Crippen LogP contribution in [0.15, 0.2) is 0 Å². The first-order valence-corrected chi connectivity index (χ1v) is 12.0. The van der Waals surface area contributed by atoms with Crippen molar-refractivity contribution < 1.29 is 9.53 Å². The number of rotatable bonds is 11. The Morgan fingerprint density at radius 3 is 1.59 bits per heavy atom. The predicted molar refractivity (Wildman–Crippen MR) is 128 cm³/mol. The minimum atomic E-state index is -0.0163. The average Bonchev–Trinajstić information content (AvgIpc) is 2.40. The van der Waals surface area contributed by atoms with E-state index in [1.54, 1.807) is 0 Å². The van der Waals surface area contributed by atoms with Gasteiger partial charge in [-0.1, -0.05) is 89.5 Å². The lowest BCUT2D eigenvalue weighted by molar-refractivity contribution is -0.147. The topological polar surface area (TPSA) is 26.3 Å². The summed E-state index contributed by atoms with van der Waals surface area (Å²) in [5.74, 6) is 2.09. The number of esters is 1. The zero-order valence-corrected chi connectivity index (χ0v) is 22.1. The second-order valence-corrected chi connectivity index (χ2v) is 13.7. The molecule has 0 bridgehead atoms. The van der Waals surface area contributed by atoms with Gasteiger partial charge >= 0.3 is 5.97 Å². The van der Waals surface area contributed by atoms with Gasteiger partial charge in [-0.15, -0.1) is 0 Å². The molecule has 0 N–H and O–H groups in total. The van der Waals surface area contributed by atoms with E-state index < -0.39 is 0 Å². The van der Waals surface area contributed by atoms with Gasteiger partial charge in [-0.25, -0.2) is 0 Å². The minimum absolute atomic E-state index is 0.0163. The van der Waals surface area contributed by atoms with Gasteiger partial charge < -0.3 is 4.74 Å². The fourth-order valence-corrected chi connectivity index (χ4v) is 4.97. The van der Waals surface area contributed by atoms with Gasteiger partial charge in [-0.2, -0.15) is 0 Å². The van der Waals surface area contributed by atoms with Crippen molar-refractivity contribution in [2.75, 3.05) is 6.61 Å². The van der Waals surface area contributed by atoms with Crippen molar-refractivity contribution in [1.29, 1.82) is 0 Å². The molecule has 174 valence electrons. The Balaban J connectivity index is 4.79. The standard InChI is InChI=1S/C27H54O2/c1-20(16-25(4,5)6)13-14-23(22(3)18-27(10,11)12)19-29-24(28)15-21(2)17-26(7,8)9/h20-23H,13-19H2,1-12H3. The number of hydrogen-bond donors (Lipinski definition) is 0. The summed E-state index contributed by atoms with van der Waals surface area (Å²) < 4.78 is 5.82. The molecule has 0 saturated carbocycles. The van der Waals surface area contributed by atoms with E-state index in [0.717, 1.165) is 12.8 Å². The molecule has 4 atom stereocenters. The SMILES string of the molecule is CC(CCC(COC(=O)CC(C)CC(C)(C)C)C(C)CC(C)(C)C)CC(C)(C)C. The van der Waals surface area contributed by atoms with Gasteiger partial charge in [0.05, 0.1) is 6.61 Å². The maximum absolute atomic E-state index is 12.5. The van der Waals surface area contributed by atoms with E-state index >= 15 is 0 Å². The van der Waals surface area contributed by atoms with Crippen LogP contribution in [0.4, 0.5) is 0 Å². The van der Waals surface area contributed by atoms with E-state index in [-0.39, 0.29) is 11.4 Å². The molecule has 0 fully saturated rings. The van der Waals surface area contributed by atoms with Gasteiger partial charge in [0.15, 0.2) is 0 Å². The second kappa shape index (κ2) is 11.8. The monoisotopic (exact) mass is 410 g/mol. The van der Waals surface area contributed by atoms with Crippen molar-refractivity contribution in [1.82, 2.24) is 0 Å². The second-order valence-electron chi connectivity index (χ2n) is 13.7. The number of ether oxygens (including phenoxy) is 1. The molecule has 0 aliphatic heterocycles. The quantitative estimate of drug-likeness (QED) is 0.319. The van der Waals surface area contributed by atoms with Crippen LogP contribution in [0.5, 0.6) is 0 Å². The number of carbonyl (C=O) groups excluding carboxylic acids is 1. The third kappa shape index (κ3) is 16.9. The summed E-state index contributed by atoms with van der Waals surface area (Å²) in [6.07, 6.45) is 6.38. The lowest BCUT2D eigenvalue weighted by Crippen LogP contribution is -2.25. The van der Waals surface area contributed by atoms with Crippen LogP contribution in [-0.4, -0.2) is 12.6 Å². The van der Waals surface area contributed by atoms with Gasteiger partial charge in [0.1, 0.15) is 0 Å². The maximum Gasteiger partial charge on any atom is 0.306 e. The van der Waals surface area contributed by atoms with Gasteiger partial charge in [0, 0.05) is 6.42 Å². The Morgan fingerprint density at radius 2 is 1.14 bits per heavy atom. The molecule has 0 saturated heterocycles. The Bertz CT molecular complexity index is 458. The molecule has 0 aromatic carbocycles. The highest BCUT2D eigenvalue weighted by Crippen LogP contribution is 2.34. The van der Waals surface area contributed by atoms with E-state index in [1.165, 1.54) is 19.3 Å². The molecule has 0 rings (SSSR count). The predicted octanol–water partition coefficient (Wildman–Crippen LogP) is 8.53. The fraction of sp³-hybridized carbons (Fsp3) is 0.963. The molecule has 4 unspecified atom stereocenters. The lowest BCUT2D eigenvalue weighted by Gasteiger charge is -2.31. The molecule has 2 nitrogen and oxygen atoms in total. The van der Waals surface area contributed by atoms with Crippen molar-refractivity contribution in [3.8, 4) is 0 Å². The van der Waals surface area contributed by atoms with E-state index in [4.69, 9.17) is 4.74 Å².